The standard InChI is InChI=1S/C12H22N2S/c1-11(7-8-13)14-9-3-2-5-12-6-4-10-15-12/h4,6,10-11,14H,2-3,5,7-9,13H2,1H3. The van der Waals surface area contributed by atoms with Crippen LogP contribution in [0.2, 0.25) is 0 Å². The maximum atomic E-state index is 5.49. The predicted octanol–water partition coefficient (Wildman–Crippen LogP) is 2.40. The van der Waals surface area contributed by atoms with E-state index in [-0.39, 0.29) is 0 Å². The number of unbranched alkanes of at least 4 members (excludes halogenated alkanes) is 1. The van der Waals surface area contributed by atoms with Crippen LogP contribution in [-0.4, -0.2) is 19.1 Å². The first-order chi connectivity index (χ1) is 7.33. The summed E-state index contributed by atoms with van der Waals surface area (Å²) in [5.41, 5.74) is 5.49. The Hall–Kier alpha value is -0.380. The lowest BCUT2D eigenvalue weighted by atomic mass is 10.2. The predicted molar refractivity (Wildman–Crippen MR) is 68.4 cm³/mol. The van der Waals surface area contributed by atoms with Gasteiger partial charge in [0.1, 0.15) is 0 Å². The van der Waals surface area contributed by atoms with Gasteiger partial charge in [-0.05, 0) is 57.1 Å². The van der Waals surface area contributed by atoms with Gasteiger partial charge in [0.2, 0.25) is 0 Å². The summed E-state index contributed by atoms with van der Waals surface area (Å²) in [4.78, 5) is 1.50. The van der Waals surface area contributed by atoms with E-state index in [1.165, 1.54) is 24.1 Å². The summed E-state index contributed by atoms with van der Waals surface area (Å²) < 4.78 is 0. The molecule has 0 saturated heterocycles. The van der Waals surface area contributed by atoms with Gasteiger partial charge in [-0.3, -0.25) is 0 Å². The molecule has 0 aliphatic carbocycles. The van der Waals surface area contributed by atoms with Crippen LogP contribution in [0.5, 0.6) is 0 Å². The molecule has 0 amide bonds. The van der Waals surface area contributed by atoms with Crippen LogP contribution in [0.4, 0.5) is 0 Å². The molecule has 1 atom stereocenters. The Morgan fingerprint density at radius 1 is 1.47 bits per heavy atom. The Kier molecular flexibility index (Phi) is 6.64. The number of hydrogen-bond acceptors (Lipinski definition) is 3. The van der Waals surface area contributed by atoms with Crippen molar-refractivity contribution in [2.45, 2.75) is 38.6 Å². The van der Waals surface area contributed by atoms with Crippen LogP contribution in [0.15, 0.2) is 17.5 Å². The lowest BCUT2D eigenvalue weighted by molar-refractivity contribution is 0.505. The van der Waals surface area contributed by atoms with Gasteiger partial charge < -0.3 is 11.1 Å². The number of aryl methyl sites for hydroxylation is 1. The van der Waals surface area contributed by atoms with Crippen LogP contribution in [0, 0.1) is 0 Å². The molecule has 0 aromatic carbocycles. The Bertz CT molecular complexity index is 234. The van der Waals surface area contributed by atoms with Crippen LogP contribution in [-0.2, 0) is 6.42 Å². The zero-order chi connectivity index (χ0) is 10.9. The summed E-state index contributed by atoms with van der Waals surface area (Å²) >= 11 is 1.86. The van der Waals surface area contributed by atoms with Crippen molar-refractivity contribution in [3.05, 3.63) is 22.4 Å². The third-order valence-electron chi connectivity index (χ3n) is 2.52. The molecule has 1 aromatic heterocycles. The van der Waals surface area contributed by atoms with Crippen LogP contribution in [0.3, 0.4) is 0 Å². The molecule has 3 N–H and O–H groups in total. The Morgan fingerprint density at radius 3 is 3.00 bits per heavy atom. The van der Waals surface area contributed by atoms with Gasteiger partial charge in [0.15, 0.2) is 0 Å². The fourth-order valence-electron chi connectivity index (χ4n) is 1.58. The maximum absolute atomic E-state index is 5.49. The van der Waals surface area contributed by atoms with Crippen LogP contribution in [0.25, 0.3) is 0 Å². The summed E-state index contributed by atoms with van der Waals surface area (Å²) in [6.45, 7) is 4.10. The maximum Gasteiger partial charge on any atom is 0.00507 e. The van der Waals surface area contributed by atoms with Crippen LogP contribution < -0.4 is 11.1 Å². The van der Waals surface area contributed by atoms with Crippen molar-refractivity contribution in [1.82, 2.24) is 5.32 Å². The second kappa shape index (κ2) is 7.85. The largest absolute Gasteiger partial charge is 0.330 e. The zero-order valence-electron chi connectivity index (χ0n) is 9.54. The van der Waals surface area contributed by atoms with Gasteiger partial charge >= 0.3 is 0 Å². The lowest BCUT2D eigenvalue weighted by Gasteiger charge is -2.11. The first kappa shape index (κ1) is 12.7. The summed E-state index contributed by atoms with van der Waals surface area (Å²) in [5.74, 6) is 0. The highest BCUT2D eigenvalue weighted by molar-refractivity contribution is 7.09. The normalized spacial score (nSPS) is 12.9. The number of hydrogen-bond donors (Lipinski definition) is 2. The average molecular weight is 226 g/mol. The highest BCUT2D eigenvalue weighted by atomic mass is 32.1. The van der Waals surface area contributed by atoms with Crippen molar-refractivity contribution < 1.29 is 0 Å². The Balaban J connectivity index is 1.93. The van der Waals surface area contributed by atoms with E-state index in [1.54, 1.807) is 0 Å². The quantitative estimate of drug-likeness (QED) is 0.668. The molecule has 0 aliphatic heterocycles. The number of nitrogens with two attached hydrogens (primary N) is 1. The smallest absolute Gasteiger partial charge is 0.00507 e. The van der Waals surface area contributed by atoms with Gasteiger partial charge in [0.05, 0.1) is 0 Å². The van der Waals surface area contributed by atoms with E-state index in [1.807, 2.05) is 11.3 Å². The molecule has 0 saturated carbocycles. The van der Waals surface area contributed by atoms with E-state index >= 15 is 0 Å². The van der Waals surface area contributed by atoms with Crippen molar-refractivity contribution in [1.29, 1.82) is 0 Å². The van der Waals surface area contributed by atoms with Crippen molar-refractivity contribution in [2.75, 3.05) is 13.1 Å². The highest BCUT2D eigenvalue weighted by Crippen LogP contribution is 2.11. The summed E-state index contributed by atoms with van der Waals surface area (Å²) in [6, 6.07) is 4.91. The molecule has 15 heavy (non-hydrogen) atoms. The minimum Gasteiger partial charge on any atom is -0.330 e. The minimum absolute atomic E-state index is 0.566. The fraction of sp³-hybridized carbons (Fsp3) is 0.667. The monoisotopic (exact) mass is 226 g/mol. The molecular formula is C12H22N2S. The van der Waals surface area contributed by atoms with Gasteiger partial charge in [-0.1, -0.05) is 6.07 Å². The molecule has 3 heteroatoms. The molecule has 86 valence electrons. The molecular weight excluding hydrogens is 204 g/mol. The molecule has 0 aliphatic rings. The molecule has 0 radical (unpaired) electrons. The summed E-state index contributed by atoms with van der Waals surface area (Å²) in [7, 11) is 0. The molecule has 1 rings (SSSR count). The summed E-state index contributed by atoms with van der Waals surface area (Å²) in [5, 5.41) is 5.64. The zero-order valence-corrected chi connectivity index (χ0v) is 10.4. The van der Waals surface area contributed by atoms with Gasteiger partial charge in [-0.2, -0.15) is 0 Å². The Labute approximate surface area is 96.9 Å². The SMILES string of the molecule is CC(CCN)NCCCCc1cccs1. The van der Waals surface area contributed by atoms with E-state index in [0.717, 1.165) is 19.5 Å². The number of thiophene rings is 1. The van der Waals surface area contributed by atoms with Crippen molar-refractivity contribution >= 4 is 11.3 Å². The molecule has 2 nitrogen and oxygen atoms in total. The second-order valence-electron chi connectivity index (χ2n) is 3.97. The van der Waals surface area contributed by atoms with E-state index in [9.17, 15) is 0 Å². The van der Waals surface area contributed by atoms with Gasteiger partial charge in [0, 0.05) is 10.9 Å². The summed E-state index contributed by atoms with van der Waals surface area (Å²) in [6.07, 6.45) is 4.84. The molecule has 0 spiro atoms. The van der Waals surface area contributed by atoms with Gasteiger partial charge in [0.25, 0.3) is 0 Å². The van der Waals surface area contributed by atoms with Gasteiger partial charge in [-0.25, -0.2) is 0 Å². The second-order valence-corrected chi connectivity index (χ2v) is 5.00. The van der Waals surface area contributed by atoms with Crippen molar-refractivity contribution in [2.24, 2.45) is 5.73 Å². The van der Waals surface area contributed by atoms with E-state index < -0.39 is 0 Å². The molecule has 0 fully saturated rings. The molecule has 1 aromatic rings. The fourth-order valence-corrected chi connectivity index (χ4v) is 2.33. The molecule has 1 unspecified atom stereocenters. The number of rotatable bonds is 8. The van der Waals surface area contributed by atoms with Gasteiger partial charge in [-0.15, -0.1) is 11.3 Å². The lowest BCUT2D eigenvalue weighted by Crippen LogP contribution is -2.29. The minimum atomic E-state index is 0.566. The van der Waals surface area contributed by atoms with Crippen molar-refractivity contribution in [3.63, 3.8) is 0 Å². The van der Waals surface area contributed by atoms with Crippen LogP contribution in [0.1, 0.15) is 31.1 Å². The highest BCUT2D eigenvalue weighted by Gasteiger charge is 1.98. The average Bonchev–Trinajstić information content (AvgIpc) is 2.70. The van der Waals surface area contributed by atoms with E-state index in [0.29, 0.717) is 6.04 Å². The topological polar surface area (TPSA) is 38.0 Å². The van der Waals surface area contributed by atoms with E-state index in [4.69, 9.17) is 5.73 Å². The molecule has 0 bridgehead atoms. The number of nitrogens with one attached hydrogen (secondary N) is 1. The third-order valence-corrected chi connectivity index (χ3v) is 3.46. The third kappa shape index (κ3) is 5.92. The van der Waals surface area contributed by atoms with Crippen LogP contribution >= 0.6 is 11.3 Å². The molecule has 1 heterocycles. The Morgan fingerprint density at radius 2 is 2.33 bits per heavy atom. The first-order valence-corrected chi connectivity index (χ1v) is 6.66. The first-order valence-electron chi connectivity index (χ1n) is 5.78. The van der Waals surface area contributed by atoms with Crippen molar-refractivity contribution in [3.8, 4) is 0 Å². The van der Waals surface area contributed by atoms with E-state index in [2.05, 4.69) is 29.8 Å².